The summed E-state index contributed by atoms with van der Waals surface area (Å²) in [6, 6.07) is 5.49. The zero-order chi connectivity index (χ0) is 15.3. The Kier molecular flexibility index (Phi) is 5.52. The lowest BCUT2D eigenvalue weighted by molar-refractivity contribution is 0.0957. The minimum Gasteiger partial charge on any atom is -0.387 e. The Morgan fingerprint density at radius 1 is 1.30 bits per heavy atom. The number of carbonyl (C=O) groups excluding carboxylic acids is 1. The summed E-state index contributed by atoms with van der Waals surface area (Å²) in [5.74, 6) is -0.404. The van der Waals surface area contributed by atoms with Crippen molar-refractivity contribution in [3.8, 4) is 0 Å². The molecule has 0 aromatic heterocycles. The van der Waals surface area contributed by atoms with E-state index >= 15 is 0 Å². The lowest BCUT2D eigenvalue weighted by atomic mass is 10.1. The molecule has 0 radical (unpaired) electrons. The van der Waals surface area contributed by atoms with Crippen LogP contribution < -0.4 is 10.6 Å². The molecule has 0 fully saturated rings. The Morgan fingerprint density at radius 2 is 1.95 bits per heavy atom. The Hall–Kier alpha value is -1.60. The molecular weight excluding hydrogens is 278 g/mol. The van der Waals surface area contributed by atoms with E-state index in [0.717, 1.165) is 9.87 Å². The maximum atomic E-state index is 12.1. The summed E-state index contributed by atoms with van der Waals surface area (Å²) >= 11 is 0. The van der Waals surface area contributed by atoms with Crippen LogP contribution in [0.3, 0.4) is 0 Å². The average molecular weight is 299 g/mol. The van der Waals surface area contributed by atoms with Crippen LogP contribution in [0.15, 0.2) is 18.2 Å². The average Bonchev–Trinajstić information content (AvgIpc) is 2.38. The highest BCUT2D eigenvalue weighted by atomic mass is 32.2. The van der Waals surface area contributed by atoms with Gasteiger partial charge in [0.1, 0.15) is 0 Å². The van der Waals surface area contributed by atoms with Gasteiger partial charge >= 0.3 is 0 Å². The minimum absolute atomic E-state index is 0.0798. The highest BCUT2D eigenvalue weighted by Crippen LogP contribution is 2.16. The summed E-state index contributed by atoms with van der Waals surface area (Å²) in [4.78, 5) is 12.1. The highest BCUT2D eigenvalue weighted by molar-refractivity contribution is 7.89. The first-order chi connectivity index (χ1) is 9.27. The Balaban J connectivity index is 2.71. The van der Waals surface area contributed by atoms with Crippen molar-refractivity contribution in [2.75, 3.05) is 38.8 Å². The van der Waals surface area contributed by atoms with Crippen LogP contribution in [0.4, 0.5) is 5.69 Å². The molecule has 0 atom stereocenters. The molecule has 20 heavy (non-hydrogen) atoms. The number of anilines is 1. The highest BCUT2D eigenvalue weighted by Gasteiger charge is 2.15. The lowest BCUT2D eigenvalue weighted by Crippen LogP contribution is -2.34. The van der Waals surface area contributed by atoms with Gasteiger partial charge in [-0.1, -0.05) is 11.6 Å². The fraction of sp³-hybridized carbons (Fsp3) is 0.462. The summed E-state index contributed by atoms with van der Waals surface area (Å²) < 4.78 is 24.3. The molecular formula is C13H21N3O3S. The minimum atomic E-state index is -3.30. The summed E-state index contributed by atoms with van der Waals surface area (Å²) in [6.45, 7) is 1.98. The molecule has 1 amide bonds. The molecule has 0 aliphatic heterocycles. The van der Waals surface area contributed by atoms with Gasteiger partial charge in [0.2, 0.25) is 10.0 Å². The number of amides is 1. The molecule has 0 heterocycles. The third-order valence-electron chi connectivity index (χ3n) is 2.89. The number of benzene rings is 1. The van der Waals surface area contributed by atoms with E-state index in [1.54, 1.807) is 13.1 Å². The van der Waals surface area contributed by atoms with Gasteiger partial charge in [-0.2, -0.15) is 0 Å². The van der Waals surface area contributed by atoms with Gasteiger partial charge in [0.25, 0.3) is 5.91 Å². The number of carbonyl (C=O) groups is 1. The van der Waals surface area contributed by atoms with Crippen molar-refractivity contribution >= 4 is 21.6 Å². The molecule has 0 bridgehead atoms. The Bertz CT molecular complexity index is 583. The van der Waals surface area contributed by atoms with Crippen molar-refractivity contribution in [2.45, 2.75) is 6.92 Å². The van der Waals surface area contributed by atoms with Crippen LogP contribution in [-0.2, 0) is 10.0 Å². The van der Waals surface area contributed by atoms with Gasteiger partial charge in [-0.3, -0.25) is 4.79 Å². The van der Waals surface area contributed by atoms with Crippen molar-refractivity contribution < 1.29 is 13.2 Å². The van der Waals surface area contributed by atoms with Crippen LogP contribution in [0, 0.1) is 6.92 Å². The number of aryl methyl sites for hydroxylation is 1. The number of nitrogens with zero attached hydrogens (tertiary/aromatic N) is 1. The smallest absolute Gasteiger partial charge is 0.253 e. The molecule has 0 spiro atoms. The van der Waals surface area contributed by atoms with E-state index in [1.165, 1.54) is 14.1 Å². The second kappa shape index (κ2) is 6.71. The topological polar surface area (TPSA) is 78.5 Å². The zero-order valence-corrected chi connectivity index (χ0v) is 13.0. The first-order valence-corrected chi connectivity index (χ1v) is 7.85. The molecule has 1 aromatic rings. The zero-order valence-electron chi connectivity index (χ0n) is 12.2. The molecule has 7 heteroatoms. The normalized spacial score (nSPS) is 11.4. The van der Waals surface area contributed by atoms with Gasteiger partial charge in [0.05, 0.1) is 11.3 Å². The summed E-state index contributed by atoms with van der Waals surface area (Å²) in [5, 5.41) is 5.57. The van der Waals surface area contributed by atoms with Gasteiger partial charge < -0.3 is 10.6 Å². The molecule has 6 nitrogen and oxygen atoms in total. The standard InChI is InChI=1S/C13H21N3O3S/c1-10-5-6-12(14-2)11(9-10)13(17)15-7-8-20(18,19)16(3)4/h5-6,9,14H,7-8H2,1-4H3,(H,15,17). The monoisotopic (exact) mass is 299 g/mol. The second-order valence-corrected chi connectivity index (χ2v) is 6.96. The van der Waals surface area contributed by atoms with E-state index < -0.39 is 10.0 Å². The van der Waals surface area contributed by atoms with Crippen LogP contribution in [-0.4, -0.2) is 52.1 Å². The number of sulfonamides is 1. The van der Waals surface area contributed by atoms with Crippen LogP contribution in [0.2, 0.25) is 0 Å². The number of hydrogen-bond acceptors (Lipinski definition) is 4. The second-order valence-electron chi connectivity index (χ2n) is 4.65. The maximum Gasteiger partial charge on any atom is 0.253 e. The van der Waals surface area contributed by atoms with E-state index in [-0.39, 0.29) is 18.2 Å². The first kappa shape index (κ1) is 16.5. The predicted octanol–water partition coefficient (Wildman–Crippen LogP) is 0.658. The predicted molar refractivity (Wildman–Crippen MR) is 80.5 cm³/mol. The SMILES string of the molecule is CNc1ccc(C)cc1C(=O)NCCS(=O)(=O)N(C)C. The maximum absolute atomic E-state index is 12.1. The van der Waals surface area contributed by atoms with E-state index in [0.29, 0.717) is 11.3 Å². The van der Waals surface area contributed by atoms with E-state index in [9.17, 15) is 13.2 Å². The number of hydrogen-bond donors (Lipinski definition) is 2. The van der Waals surface area contributed by atoms with Gasteiger partial charge in [0.15, 0.2) is 0 Å². The van der Waals surface area contributed by atoms with E-state index in [1.807, 2.05) is 19.1 Å². The molecule has 0 aliphatic carbocycles. The molecule has 1 rings (SSSR count). The molecule has 0 unspecified atom stereocenters. The third kappa shape index (κ3) is 4.21. The lowest BCUT2D eigenvalue weighted by Gasteiger charge is -2.13. The van der Waals surface area contributed by atoms with Crippen molar-refractivity contribution in [1.29, 1.82) is 0 Å². The molecule has 0 aliphatic rings. The first-order valence-electron chi connectivity index (χ1n) is 6.24. The van der Waals surface area contributed by atoms with Crippen LogP contribution in [0.5, 0.6) is 0 Å². The van der Waals surface area contributed by atoms with Gasteiger partial charge in [-0.25, -0.2) is 12.7 Å². The van der Waals surface area contributed by atoms with E-state index in [4.69, 9.17) is 0 Å². The quantitative estimate of drug-likeness (QED) is 0.809. The van der Waals surface area contributed by atoms with E-state index in [2.05, 4.69) is 10.6 Å². The Labute approximate surface area is 120 Å². The van der Waals surface area contributed by atoms with Crippen LogP contribution >= 0.6 is 0 Å². The fourth-order valence-corrected chi connectivity index (χ4v) is 2.36. The largest absolute Gasteiger partial charge is 0.387 e. The number of nitrogens with one attached hydrogen (secondary N) is 2. The molecule has 2 N–H and O–H groups in total. The van der Waals surface area contributed by atoms with Gasteiger partial charge in [-0.15, -0.1) is 0 Å². The summed E-state index contributed by atoms with van der Waals surface area (Å²) in [5.41, 5.74) is 2.19. The van der Waals surface area contributed by atoms with Crippen LogP contribution in [0.1, 0.15) is 15.9 Å². The summed E-state index contributed by atoms with van der Waals surface area (Å²) in [7, 11) is 1.38. The van der Waals surface area contributed by atoms with Gasteiger partial charge in [-0.05, 0) is 19.1 Å². The number of rotatable bonds is 6. The molecule has 1 aromatic carbocycles. The molecule has 0 saturated heterocycles. The van der Waals surface area contributed by atoms with Crippen LogP contribution in [0.25, 0.3) is 0 Å². The Morgan fingerprint density at radius 3 is 2.50 bits per heavy atom. The van der Waals surface area contributed by atoms with Crippen molar-refractivity contribution in [3.05, 3.63) is 29.3 Å². The fourth-order valence-electron chi connectivity index (χ4n) is 1.64. The molecule has 0 saturated carbocycles. The van der Waals surface area contributed by atoms with Crippen molar-refractivity contribution in [2.24, 2.45) is 0 Å². The van der Waals surface area contributed by atoms with Gasteiger partial charge in [0, 0.05) is 33.4 Å². The summed E-state index contributed by atoms with van der Waals surface area (Å²) in [6.07, 6.45) is 0. The molecule has 112 valence electrons. The van der Waals surface area contributed by atoms with Crippen molar-refractivity contribution in [1.82, 2.24) is 9.62 Å². The van der Waals surface area contributed by atoms with Crippen molar-refractivity contribution in [3.63, 3.8) is 0 Å². The third-order valence-corrected chi connectivity index (χ3v) is 4.72.